The molecule has 2 nitrogen and oxygen atoms in total. The van der Waals surface area contributed by atoms with E-state index in [0.717, 1.165) is 17.1 Å². The molecule has 0 radical (unpaired) electrons. The lowest BCUT2D eigenvalue weighted by molar-refractivity contribution is 0.548. The monoisotopic (exact) mass is 288 g/mol. The van der Waals surface area contributed by atoms with Crippen LogP contribution in [0.5, 0.6) is 0 Å². The van der Waals surface area contributed by atoms with Crippen molar-refractivity contribution in [3.63, 3.8) is 0 Å². The highest BCUT2D eigenvalue weighted by atomic mass is 32.1. The first-order valence-corrected chi connectivity index (χ1v) is 8.02. The summed E-state index contributed by atoms with van der Waals surface area (Å²) in [6.45, 7) is 8.78. The van der Waals surface area contributed by atoms with E-state index in [1.807, 2.05) is 6.07 Å². The molecule has 2 unspecified atom stereocenters. The molecule has 2 rings (SSSR count). The fourth-order valence-electron chi connectivity index (χ4n) is 2.20. The summed E-state index contributed by atoms with van der Waals surface area (Å²) in [6, 6.07) is 10.6. The first kappa shape index (κ1) is 15.2. The van der Waals surface area contributed by atoms with E-state index in [1.165, 1.54) is 5.56 Å². The van der Waals surface area contributed by atoms with Crippen LogP contribution in [-0.4, -0.2) is 4.98 Å². The number of aromatic nitrogens is 1. The first-order chi connectivity index (χ1) is 9.38. The Bertz CT molecular complexity index is 540. The molecule has 0 aliphatic heterocycles. The van der Waals surface area contributed by atoms with E-state index in [1.54, 1.807) is 11.3 Å². The highest BCUT2D eigenvalue weighted by molar-refractivity contribution is 7.09. The summed E-state index contributed by atoms with van der Waals surface area (Å²) in [6.07, 6.45) is 0.932. The molecule has 0 fully saturated rings. The quantitative estimate of drug-likeness (QED) is 0.890. The number of rotatable bonds is 4. The molecule has 0 spiro atoms. The predicted molar refractivity (Wildman–Crippen MR) is 87.2 cm³/mol. The summed E-state index contributed by atoms with van der Waals surface area (Å²) in [5.74, 6) is 0.452. The van der Waals surface area contributed by atoms with E-state index >= 15 is 0 Å². The summed E-state index contributed by atoms with van der Waals surface area (Å²) < 4.78 is 0. The van der Waals surface area contributed by atoms with Crippen molar-refractivity contribution in [1.29, 1.82) is 0 Å². The molecule has 2 N–H and O–H groups in total. The molecule has 3 heteroatoms. The van der Waals surface area contributed by atoms with Gasteiger partial charge in [-0.05, 0) is 17.9 Å². The van der Waals surface area contributed by atoms with Crippen molar-refractivity contribution >= 4 is 11.3 Å². The predicted octanol–water partition coefficient (Wildman–Crippen LogP) is 4.63. The third-order valence-electron chi connectivity index (χ3n) is 3.58. The molecule has 0 saturated carbocycles. The van der Waals surface area contributed by atoms with Crippen molar-refractivity contribution in [2.45, 2.75) is 51.5 Å². The zero-order valence-corrected chi connectivity index (χ0v) is 13.6. The number of nitrogens with zero attached hydrogens (tertiary/aromatic N) is 1. The highest BCUT2D eigenvalue weighted by Crippen LogP contribution is 2.30. The zero-order chi connectivity index (χ0) is 14.8. The Morgan fingerprint density at radius 1 is 1.20 bits per heavy atom. The molecular weight excluding hydrogens is 264 g/mol. The Kier molecular flexibility index (Phi) is 4.61. The van der Waals surface area contributed by atoms with Crippen LogP contribution in [0.2, 0.25) is 0 Å². The minimum absolute atomic E-state index is 0.0197. The normalized spacial score (nSPS) is 15.1. The molecule has 1 heterocycles. The number of thiazole rings is 1. The van der Waals surface area contributed by atoms with E-state index in [2.05, 4.69) is 57.3 Å². The molecule has 2 atom stereocenters. The summed E-state index contributed by atoms with van der Waals surface area (Å²) in [4.78, 5) is 4.72. The molecule has 1 aromatic carbocycles. The maximum atomic E-state index is 6.34. The summed E-state index contributed by atoms with van der Waals surface area (Å²) in [7, 11) is 0. The van der Waals surface area contributed by atoms with Gasteiger partial charge in [0.25, 0.3) is 0 Å². The first-order valence-electron chi connectivity index (χ1n) is 7.14. The SMILES string of the molecule is CC(CC(N)c1nc(C(C)(C)C)cs1)c1ccccc1. The maximum absolute atomic E-state index is 6.34. The van der Waals surface area contributed by atoms with Gasteiger partial charge < -0.3 is 5.73 Å². The van der Waals surface area contributed by atoms with E-state index in [4.69, 9.17) is 10.7 Å². The summed E-state index contributed by atoms with van der Waals surface area (Å²) in [5, 5.41) is 3.19. The molecule has 0 bridgehead atoms. The van der Waals surface area contributed by atoms with Crippen molar-refractivity contribution in [1.82, 2.24) is 4.98 Å². The van der Waals surface area contributed by atoms with Crippen LogP contribution in [0.4, 0.5) is 0 Å². The van der Waals surface area contributed by atoms with Gasteiger partial charge in [0.2, 0.25) is 0 Å². The van der Waals surface area contributed by atoms with Gasteiger partial charge in [-0.15, -0.1) is 11.3 Å². The van der Waals surface area contributed by atoms with Gasteiger partial charge in [-0.3, -0.25) is 0 Å². The van der Waals surface area contributed by atoms with Gasteiger partial charge in [-0.2, -0.15) is 0 Å². The van der Waals surface area contributed by atoms with Crippen LogP contribution in [-0.2, 0) is 5.41 Å². The van der Waals surface area contributed by atoms with Crippen LogP contribution in [0.15, 0.2) is 35.7 Å². The van der Waals surface area contributed by atoms with Crippen LogP contribution in [0.25, 0.3) is 0 Å². The number of hydrogen-bond donors (Lipinski definition) is 1. The summed E-state index contributed by atoms with van der Waals surface area (Å²) >= 11 is 1.69. The molecule has 1 aromatic heterocycles. The molecule has 108 valence electrons. The van der Waals surface area contributed by atoms with Crippen LogP contribution in [0, 0.1) is 0 Å². The highest BCUT2D eigenvalue weighted by Gasteiger charge is 2.21. The Morgan fingerprint density at radius 2 is 1.85 bits per heavy atom. The van der Waals surface area contributed by atoms with Crippen molar-refractivity contribution in [2.75, 3.05) is 0 Å². The zero-order valence-electron chi connectivity index (χ0n) is 12.8. The van der Waals surface area contributed by atoms with Gasteiger partial charge in [0.15, 0.2) is 0 Å². The van der Waals surface area contributed by atoms with Crippen molar-refractivity contribution < 1.29 is 0 Å². The average molecular weight is 288 g/mol. The lowest BCUT2D eigenvalue weighted by Crippen LogP contribution is -2.15. The smallest absolute Gasteiger partial charge is 0.110 e. The van der Waals surface area contributed by atoms with E-state index in [-0.39, 0.29) is 11.5 Å². The lowest BCUT2D eigenvalue weighted by Gasteiger charge is -2.17. The Balaban J connectivity index is 2.05. The van der Waals surface area contributed by atoms with Gasteiger partial charge in [-0.25, -0.2) is 4.98 Å². The molecule has 0 aliphatic rings. The Morgan fingerprint density at radius 3 is 2.40 bits per heavy atom. The number of nitrogens with two attached hydrogens (primary N) is 1. The molecule has 20 heavy (non-hydrogen) atoms. The van der Waals surface area contributed by atoms with Gasteiger partial charge in [0.1, 0.15) is 5.01 Å². The van der Waals surface area contributed by atoms with Crippen molar-refractivity contribution in [2.24, 2.45) is 5.73 Å². The van der Waals surface area contributed by atoms with Crippen molar-refractivity contribution in [3.8, 4) is 0 Å². The average Bonchev–Trinajstić information content (AvgIpc) is 2.89. The number of hydrogen-bond acceptors (Lipinski definition) is 3. The largest absolute Gasteiger partial charge is 0.322 e. The minimum Gasteiger partial charge on any atom is -0.322 e. The van der Waals surface area contributed by atoms with Crippen LogP contribution >= 0.6 is 11.3 Å². The second kappa shape index (κ2) is 6.06. The van der Waals surface area contributed by atoms with Gasteiger partial charge in [0.05, 0.1) is 11.7 Å². The van der Waals surface area contributed by atoms with Crippen LogP contribution < -0.4 is 5.73 Å². The lowest BCUT2D eigenvalue weighted by atomic mass is 9.93. The fourth-order valence-corrected chi connectivity index (χ4v) is 3.26. The second-order valence-electron chi connectivity index (χ2n) is 6.47. The topological polar surface area (TPSA) is 38.9 Å². The third kappa shape index (κ3) is 3.68. The van der Waals surface area contributed by atoms with E-state index in [0.29, 0.717) is 5.92 Å². The molecule has 0 aliphatic carbocycles. The molecule has 2 aromatic rings. The van der Waals surface area contributed by atoms with Gasteiger partial charge in [0, 0.05) is 10.8 Å². The van der Waals surface area contributed by atoms with Crippen molar-refractivity contribution in [3.05, 3.63) is 52.0 Å². The third-order valence-corrected chi connectivity index (χ3v) is 4.56. The van der Waals surface area contributed by atoms with E-state index < -0.39 is 0 Å². The second-order valence-corrected chi connectivity index (χ2v) is 7.36. The Labute approximate surface area is 126 Å². The van der Waals surface area contributed by atoms with Gasteiger partial charge in [-0.1, -0.05) is 58.0 Å². The van der Waals surface area contributed by atoms with Crippen LogP contribution in [0.3, 0.4) is 0 Å². The Hall–Kier alpha value is -1.19. The number of benzene rings is 1. The van der Waals surface area contributed by atoms with E-state index in [9.17, 15) is 0 Å². The van der Waals surface area contributed by atoms with Gasteiger partial charge >= 0.3 is 0 Å². The standard InChI is InChI=1S/C17H24N2S/c1-12(13-8-6-5-7-9-13)10-14(18)16-19-15(11-20-16)17(2,3)4/h5-9,11-12,14H,10,18H2,1-4H3. The fraction of sp³-hybridized carbons (Fsp3) is 0.471. The van der Waals surface area contributed by atoms with Crippen LogP contribution in [0.1, 0.15) is 62.3 Å². The maximum Gasteiger partial charge on any atom is 0.110 e. The minimum atomic E-state index is 0.0197. The molecule has 0 saturated heterocycles. The molecular formula is C17H24N2S. The molecule has 0 amide bonds. The summed E-state index contributed by atoms with van der Waals surface area (Å²) in [5.41, 5.74) is 8.92.